The van der Waals surface area contributed by atoms with Crippen molar-refractivity contribution in [1.82, 2.24) is 4.90 Å². The molecule has 0 amide bonds. The topological polar surface area (TPSA) is 26.7 Å². The third-order valence-corrected chi connectivity index (χ3v) is 3.77. The minimum atomic E-state index is -0.0868. The molecule has 1 aromatic rings. The molecular weight excluding hydrogens is 248 g/mol. The first kappa shape index (κ1) is 14.9. The quantitative estimate of drug-likeness (QED) is 0.792. The molecule has 108 valence electrons. The Bertz CT molecular complexity index is 482. The van der Waals surface area contributed by atoms with E-state index >= 15 is 0 Å². The van der Waals surface area contributed by atoms with E-state index in [4.69, 9.17) is 5.11 Å². The van der Waals surface area contributed by atoms with Crippen LogP contribution < -0.4 is 4.90 Å². The zero-order chi connectivity index (χ0) is 14.6. The number of piperazine rings is 1. The molecule has 1 heterocycles. The molecule has 2 rings (SSSR count). The summed E-state index contributed by atoms with van der Waals surface area (Å²) in [5.41, 5.74) is 2.47. The lowest BCUT2D eigenvalue weighted by molar-refractivity contribution is 0.128. The van der Waals surface area contributed by atoms with Gasteiger partial charge in [0.25, 0.3) is 0 Å². The highest BCUT2D eigenvalue weighted by Gasteiger charge is 2.25. The van der Waals surface area contributed by atoms with Gasteiger partial charge >= 0.3 is 0 Å². The van der Waals surface area contributed by atoms with Gasteiger partial charge in [-0.05, 0) is 45.0 Å². The van der Waals surface area contributed by atoms with Gasteiger partial charge in [-0.3, -0.25) is 4.90 Å². The predicted octanol–water partition coefficient (Wildman–Crippen LogP) is 1.95. The van der Waals surface area contributed by atoms with E-state index in [1.165, 1.54) is 5.69 Å². The normalized spacial score (nSPS) is 16.7. The molecule has 0 saturated carbocycles. The zero-order valence-corrected chi connectivity index (χ0v) is 12.7. The van der Waals surface area contributed by atoms with E-state index in [1.807, 2.05) is 12.1 Å². The summed E-state index contributed by atoms with van der Waals surface area (Å²) < 4.78 is 0. The van der Waals surface area contributed by atoms with E-state index < -0.39 is 0 Å². The third kappa shape index (κ3) is 3.75. The largest absolute Gasteiger partial charge is 0.384 e. The fraction of sp³-hybridized carbons (Fsp3) is 0.529. The Labute approximate surface area is 122 Å². The second kappa shape index (κ2) is 6.30. The van der Waals surface area contributed by atoms with Gasteiger partial charge in [0.1, 0.15) is 6.61 Å². The van der Waals surface area contributed by atoms with Crippen LogP contribution in [0.5, 0.6) is 0 Å². The number of rotatable bonds is 1. The van der Waals surface area contributed by atoms with Crippen molar-refractivity contribution < 1.29 is 5.11 Å². The highest BCUT2D eigenvalue weighted by molar-refractivity contribution is 5.51. The van der Waals surface area contributed by atoms with Crippen LogP contribution in [0.3, 0.4) is 0 Å². The highest BCUT2D eigenvalue weighted by atomic mass is 16.2. The van der Waals surface area contributed by atoms with E-state index in [1.54, 1.807) is 0 Å². The van der Waals surface area contributed by atoms with Crippen LogP contribution in [0.4, 0.5) is 5.69 Å². The number of aliphatic hydroxyl groups excluding tert-OH is 1. The molecular formula is C17H24N2O. The Kier molecular flexibility index (Phi) is 4.69. The van der Waals surface area contributed by atoms with Crippen molar-refractivity contribution in [3.63, 3.8) is 0 Å². The second-order valence-electron chi connectivity index (χ2n) is 6.15. The molecule has 0 spiro atoms. The standard InChI is InChI=1S/C17H24N2O/c1-17(2,3)19-12-10-18(11-13-19)16-8-6-15(7-9-16)5-4-14-20/h6-9,20H,10-14H2,1-3H3. The van der Waals surface area contributed by atoms with Crippen LogP contribution in [0, 0.1) is 11.8 Å². The number of hydrogen-bond acceptors (Lipinski definition) is 3. The molecule has 0 bridgehead atoms. The number of benzene rings is 1. The number of anilines is 1. The summed E-state index contributed by atoms with van der Waals surface area (Å²) in [6, 6.07) is 8.28. The Morgan fingerprint density at radius 1 is 1.05 bits per heavy atom. The summed E-state index contributed by atoms with van der Waals surface area (Å²) in [4.78, 5) is 4.95. The molecule has 3 nitrogen and oxygen atoms in total. The molecule has 0 aliphatic carbocycles. The van der Waals surface area contributed by atoms with Crippen LogP contribution in [0.25, 0.3) is 0 Å². The van der Waals surface area contributed by atoms with Gasteiger partial charge < -0.3 is 10.0 Å². The molecule has 1 aromatic carbocycles. The summed E-state index contributed by atoms with van der Waals surface area (Å²) in [6.45, 7) is 11.1. The summed E-state index contributed by atoms with van der Waals surface area (Å²) in [6.07, 6.45) is 0. The Morgan fingerprint density at radius 3 is 2.15 bits per heavy atom. The van der Waals surface area contributed by atoms with Crippen LogP contribution in [-0.2, 0) is 0 Å². The predicted molar refractivity (Wildman–Crippen MR) is 83.9 cm³/mol. The maximum atomic E-state index is 8.69. The van der Waals surface area contributed by atoms with Crippen molar-refractivity contribution in [2.45, 2.75) is 26.3 Å². The van der Waals surface area contributed by atoms with Crippen LogP contribution in [-0.4, -0.2) is 48.3 Å². The van der Waals surface area contributed by atoms with Crippen molar-refractivity contribution in [2.75, 3.05) is 37.7 Å². The smallest absolute Gasteiger partial charge is 0.104 e. The molecule has 20 heavy (non-hydrogen) atoms. The Balaban J connectivity index is 1.97. The molecule has 3 heteroatoms. The van der Waals surface area contributed by atoms with E-state index in [2.05, 4.69) is 54.5 Å². The van der Waals surface area contributed by atoms with Gasteiger partial charge in [0.2, 0.25) is 0 Å². The van der Waals surface area contributed by atoms with Crippen molar-refractivity contribution >= 4 is 5.69 Å². The first-order valence-corrected chi connectivity index (χ1v) is 7.20. The molecule has 1 aliphatic rings. The molecule has 0 unspecified atom stereocenters. The molecule has 0 aromatic heterocycles. The minimum Gasteiger partial charge on any atom is -0.384 e. The summed E-state index contributed by atoms with van der Waals surface area (Å²) in [7, 11) is 0. The number of aliphatic hydroxyl groups is 1. The van der Waals surface area contributed by atoms with Crippen molar-refractivity contribution in [2.24, 2.45) is 0 Å². The van der Waals surface area contributed by atoms with Crippen molar-refractivity contribution in [1.29, 1.82) is 0 Å². The maximum absolute atomic E-state index is 8.69. The molecule has 1 fully saturated rings. The Morgan fingerprint density at radius 2 is 1.65 bits per heavy atom. The molecule has 1 aliphatic heterocycles. The lowest BCUT2D eigenvalue weighted by Crippen LogP contribution is -2.53. The fourth-order valence-electron chi connectivity index (χ4n) is 2.53. The van der Waals surface area contributed by atoms with Gasteiger partial charge in [-0.25, -0.2) is 0 Å². The van der Waals surface area contributed by atoms with Crippen LogP contribution in [0.1, 0.15) is 26.3 Å². The molecule has 0 radical (unpaired) electrons. The van der Waals surface area contributed by atoms with Gasteiger partial charge in [0, 0.05) is 43.0 Å². The minimum absolute atomic E-state index is 0.0868. The van der Waals surface area contributed by atoms with Crippen molar-refractivity contribution in [3.8, 4) is 11.8 Å². The van der Waals surface area contributed by atoms with Crippen LogP contribution in [0.15, 0.2) is 24.3 Å². The lowest BCUT2D eigenvalue weighted by atomic mass is 10.0. The van der Waals surface area contributed by atoms with Gasteiger partial charge in [-0.15, -0.1) is 0 Å². The molecule has 0 atom stereocenters. The first-order chi connectivity index (χ1) is 9.50. The van der Waals surface area contributed by atoms with E-state index in [9.17, 15) is 0 Å². The van der Waals surface area contributed by atoms with Gasteiger partial charge in [0.15, 0.2) is 0 Å². The zero-order valence-electron chi connectivity index (χ0n) is 12.7. The van der Waals surface area contributed by atoms with Gasteiger partial charge in [-0.2, -0.15) is 0 Å². The second-order valence-corrected chi connectivity index (χ2v) is 6.15. The van der Waals surface area contributed by atoms with E-state index in [0.29, 0.717) is 0 Å². The van der Waals surface area contributed by atoms with Crippen LogP contribution in [0.2, 0.25) is 0 Å². The SMILES string of the molecule is CC(C)(C)N1CCN(c2ccc(C#CCO)cc2)CC1. The van der Waals surface area contributed by atoms with Gasteiger partial charge in [-0.1, -0.05) is 11.8 Å². The fourth-order valence-corrected chi connectivity index (χ4v) is 2.53. The van der Waals surface area contributed by atoms with Crippen molar-refractivity contribution in [3.05, 3.63) is 29.8 Å². The van der Waals surface area contributed by atoms with E-state index in [0.717, 1.165) is 31.7 Å². The first-order valence-electron chi connectivity index (χ1n) is 7.20. The average molecular weight is 272 g/mol. The highest BCUT2D eigenvalue weighted by Crippen LogP contribution is 2.21. The lowest BCUT2D eigenvalue weighted by Gasteiger charge is -2.43. The third-order valence-electron chi connectivity index (χ3n) is 3.77. The van der Waals surface area contributed by atoms with Crippen LogP contribution >= 0.6 is 0 Å². The molecule has 1 saturated heterocycles. The maximum Gasteiger partial charge on any atom is 0.104 e. The number of hydrogen-bond donors (Lipinski definition) is 1. The summed E-state index contributed by atoms with van der Waals surface area (Å²) in [5.74, 6) is 5.60. The monoisotopic (exact) mass is 272 g/mol. The van der Waals surface area contributed by atoms with Gasteiger partial charge in [0.05, 0.1) is 0 Å². The summed E-state index contributed by atoms with van der Waals surface area (Å²) in [5, 5.41) is 8.69. The Hall–Kier alpha value is -1.50. The summed E-state index contributed by atoms with van der Waals surface area (Å²) >= 11 is 0. The molecule has 1 N–H and O–H groups in total. The van der Waals surface area contributed by atoms with E-state index in [-0.39, 0.29) is 12.1 Å². The number of nitrogens with zero attached hydrogens (tertiary/aromatic N) is 2. The average Bonchev–Trinajstić information content (AvgIpc) is 2.45.